The number of halogens is 1. The minimum atomic E-state index is -3.70. The van der Waals surface area contributed by atoms with Crippen LogP contribution < -0.4 is 5.73 Å². The summed E-state index contributed by atoms with van der Waals surface area (Å²) in [7, 11) is -2.21. The van der Waals surface area contributed by atoms with Crippen LogP contribution in [0.2, 0.25) is 0 Å². The third kappa shape index (κ3) is 2.96. The van der Waals surface area contributed by atoms with Gasteiger partial charge in [-0.05, 0) is 51.0 Å². The van der Waals surface area contributed by atoms with Crippen LogP contribution in [0.3, 0.4) is 0 Å². The zero-order valence-electron chi connectivity index (χ0n) is 12.0. The fourth-order valence-corrected chi connectivity index (χ4v) is 3.83. The van der Waals surface area contributed by atoms with Crippen LogP contribution >= 0.6 is 0 Å². The fraction of sp³-hybridized carbons (Fsp3) is 0.538. The van der Waals surface area contributed by atoms with Gasteiger partial charge in [-0.3, -0.25) is 0 Å². The monoisotopic (exact) mass is 288 g/mol. The highest BCUT2D eigenvalue weighted by molar-refractivity contribution is 7.89. The molecule has 1 aromatic rings. The van der Waals surface area contributed by atoms with Crippen LogP contribution in [0.25, 0.3) is 0 Å². The van der Waals surface area contributed by atoms with Gasteiger partial charge in [0.05, 0.1) is 4.90 Å². The predicted molar refractivity (Wildman–Crippen MR) is 74.0 cm³/mol. The Labute approximate surface area is 114 Å². The van der Waals surface area contributed by atoms with E-state index in [1.807, 2.05) is 0 Å². The molecule has 0 radical (unpaired) electrons. The Morgan fingerprint density at radius 1 is 1.26 bits per heavy atom. The first kappa shape index (κ1) is 16.1. The Morgan fingerprint density at radius 3 is 2.05 bits per heavy atom. The van der Waals surface area contributed by atoms with E-state index in [9.17, 15) is 12.8 Å². The van der Waals surface area contributed by atoms with Crippen molar-refractivity contribution >= 4 is 10.0 Å². The largest absolute Gasteiger partial charge is 0.329 e. The van der Waals surface area contributed by atoms with E-state index in [2.05, 4.69) is 0 Å². The van der Waals surface area contributed by atoms with Gasteiger partial charge in [-0.2, -0.15) is 4.31 Å². The fourth-order valence-electron chi connectivity index (χ4n) is 1.90. The van der Waals surface area contributed by atoms with Gasteiger partial charge in [-0.1, -0.05) is 0 Å². The molecule has 0 bridgehead atoms. The molecular weight excluding hydrogens is 267 g/mol. The second-order valence-corrected chi connectivity index (χ2v) is 7.26. The van der Waals surface area contributed by atoms with Gasteiger partial charge in [0.15, 0.2) is 0 Å². The summed E-state index contributed by atoms with van der Waals surface area (Å²) in [4.78, 5) is 0.151. The summed E-state index contributed by atoms with van der Waals surface area (Å²) in [5.41, 5.74) is 5.71. The molecule has 0 fully saturated rings. The van der Waals surface area contributed by atoms with Crippen molar-refractivity contribution in [2.24, 2.45) is 5.73 Å². The van der Waals surface area contributed by atoms with Crippen LogP contribution in [-0.4, -0.2) is 31.9 Å². The van der Waals surface area contributed by atoms with E-state index in [0.29, 0.717) is 11.1 Å². The highest BCUT2D eigenvalue weighted by Crippen LogP contribution is 2.28. The smallest absolute Gasteiger partial charge is 0.243 e. The molecule has 0 aromatic heterocycles. The van der Waals surface area contributed by atoms with Gasteiger partial charge in [0, 0.05) is 19.1 Å². The first-order valence-corrected chi connectivity index (χ1v) is 7.44. The Bertz CT molecular complexity index is 559. The highest BCUT2D eigenvalue weighted by atomic mass is 32.2. The van der Waals surface area contributed by atoms with Crippen LogP contribution in [0.15, 0.2) is 17.0 Å². The third-order valence-electron chi connectivity index (χ3n) is 3.40. The van der Waals surface area contributed by atoms with Crippen LogP contribution in [0.4, 0.5) is 4.39 Å². The van der Waals surface area contributed by atoms with Crippen molar-refractivity contribution < 1.29 is 12.8 Å². The maximum absolute atomic E-state index is 13.3. The predicted octanol–water partition coefficient (Wildman–Crippen LogP) is 1.80. The molecule has 6 heteroatoms. The van der Waals surface area contributed by atoms with Crippen molar-refractivity contribution in [2.75, 3.05) is 13.6 Å². The number of aryl methyl sites for hydroxylation is 2. The maximum Gasteiger partial charge on any atom is 0.243 e. The summed E-state index contributed by atoms with van der Waals surface area (Å²) in [5.74, 6) is -0.435. The SMILES string of the molecule is Cc1cc(F)cc(C)c1S(=O)(=O)N(C)C(C)(C)CN. The molecule has 0 saturated carbocycles. The number of rotatable bonds is 4. The molecule has 19 heavy (non-hydrogen) atoms. The normalized spacial score (nSPS) is 13.1. The summed E-state index contributed by atoms with van der Waals surface area (Å²) in [5, 5.41) is 0. The summed E-state index contributed by atoms with van der Waals surface area (Å²) in [6, 6.07) is 2.45. The molecule has 0 saturated heterocycles. The van der Waals surface area contributed by atoms with E-state index >= 15 is 0 Å². The number of hydrogen-bond donors (Lipinski definition) is 1. The Morgan fingerprint density at radius 2 is 1.68 bits per heavy atom. The first-order chi connectivity index (χ1) is 8.54. The quantitative estimate of drug-likeness (QED) is 0.919. The minimum Gasteiger partial charge on any atom is -0.329 e. The zero-order valence-corrected chi connectivity index (χ0v) is 12.8. The number of nitrogens with two attached hydrogens (primary N) is 1. The van der Waals surface area contributed by atoms with Crippen LogP contribution in [0.1, 0.15) is 25.0 Å². The second kappa shape index (κ2) is 5.19. The van der Waals surface area contributed by atoms with Crippen LogP contribution in [-0.2, 0) is 10.0 Å². The molecule has 4 nitrogen and oxygen atoms in total. The number of nitrogens with zero attached hydrogens (tertiary/aromatic N) is 1. The lowest BCUT2D eigenvalue weighted by Crippen LogP contribution is -2.50. The molecule has 0 heterocycles. The van der Waals surface area contributed by atoms with E-state index < -0.39 is 21.4 Å². The standard InChI is InChI=1S/C13H21FN2O2S/c1-9-6-11(14)7-10(2)12(9)19(17,18)16(5)13(3,4)8-15/h6-7H,8,15H2,1-5H3. The van der Waals surface area contributed by atoms with E-state index in [1.165, 1.54) is 23.5 Å². The second-order valence-electron chi connectivity index (χ2n) is 5.36. The van der Waals surface area contributed by atoms with Crippen molar-refractivity contribution in [3.63, 3.8) is 0 Å². The number of sulfonamides is 1. The van der Waals surface area contributed by atoms with Crippen molar-refractivity contribution in [3.05, 3.63) is 29.1 Å². The lowest BCUT2D eigenvalue weighted by Gasteiger charge is -2.34. The Kier molecular flexibility index (Phi) is 4.39. The van der Waals surface area contributed by atoms with Gasteiger partial charge in [0.25, 0.3) is 0 Å². The minimum absolute atomic E-state index is 0.151. The third-order valence-corrected chi connectivity index (χ3v) is 5.77. The van der Waals surface area contributed by atoms with E-state index in [1.54, 1.807) is 27.7 Å². The molecule has 1 rings (SSSR count). The summed E-state index contributed by atoms with van der Waals surface area (Å²) >= 11 is 0. The Balaban J connectivity index is 3.45. The van der Waals surface area contributed by atoms with Crippen molar-refractivity contribution in [1.82, 2.24) is 4.31 Å². The van der Waals surface area contributed by atoms with Crippen LogP contribution in [0, 0.1) is 19.7 Å². The number of hydrogen-bond acceptors (Lipinski definition) is 3. The summed E-state index contributed by atoms with van der Waals surface area (Å²) < 4.78 is 39.8. The van der Waals surface area contributed by atoms with Gasteiger partial charge >= 0.3 is 0 Å². The number of likely N-dealkylation sites (N-methyl/N-ethyl adjacent to an activating group) is 1. The maximum atomic E-state index is 13.3. The Hall–Kier alpha value is -0.980. The highest BCUT2D eigenvalue weighted by Gasteiger charge is 2.34. The molecular formula is C13H21FN2O2S. The van der Waals surface area contributed by atoms with E-state index in [0.717, 1.165) is 0 Å². The average Bonchev–Trinajstić information content (AvgIpc) is 2.26. The lowest BCUT2D eigenvalue weighted by molar-refractivity contribution is 0.273. The summed E-state index contributed by atoms with van der Waals surface area (Å²) in [6.07, 6.45) is 0. The molecule has 1 aromatic carbocycles. The molecule has 0 spiro atoms. The molecule has 0 aliphatic carbocycles. The molecule has 0 amide bonds. The lowest BCUT2D eigenvalue weighted by atomic mass is 10.1. The molecule has 0 unspecified atom stereocenters. The van der Waals surface area contributed by atoms with Crippen molar-refractivity contribution in [2.45, 2.75) is 38.1 Å². The van der Waals surface area contributed by atoms with Gasteiger partial charge < -0.3 is 5.73 Å². The molecule has 0 aliphatic heterocycles. The topological polar surface area (TPSA) is 63.4 Å². The summed E-state index contributed by atoms with van der Waals surface area (Å²) in [6.45, 7) is 6.87. The van der Waals surface area contributed by atoms with Crippen molar-refractivity contribution in [3.8, 4) is 0 Å². The van der Waals surface area contributed by atoms with E-state index in [4.69, 9.17) is 5.73 Å². The van der Waals surface area contributed by atoms with Gasteiger partial charge in [0.2, 0.25) is 10.0 Å². The number of benzene rings is 1. The molecule has 2 N–H and O–H groups in total. The van der Waals surface area contributed by atoms with Gasteiger partial charge in [-0.25, -0.2) is 12.8 Å². The van der Waals surface area contributed by atoms with Crippen molar-refractivity contribution in [1.29, 1.82) is 0 Å². The van der Waals surface area contributed by atoms with Gasteiger partial charge in [-0.15, -0.1) is 0 Å². The van der Waals surface area contributed by atoms with Crippen LogP contribution in [0.5, 0.6) is 0 Å². The average molecular weight is 288 g/mol. The molecule has 108 valence electrons. The van der Waals surface area contributed by atoms with Gasteiger partial charge in [0.1, 0.15) is 5.82 Å². The zero-order chi connectivity index (χ0) is 15.0. The first-order valence-electron chi connectivity index (χ1n) is 6.00. The molecule has 0 aliphatic rings. The van der Waals surface area contributed by atoms with E-state index in [-0.39, 0.29) is 11.4 Å². The molecule has 0 atom stereocenters.